The van der Waals surface area contributed by atoms with Gasteiger partial charge in [-0.2, -0.15) is 9.47 Å². The Hall–Kier alpha value is -2.22. The maximum absolute atomic E-state index is 12.0. The van der Waals surface area contributed by atoms with Crippen molar-refractivity contribution >= 4 is 23.7 Å². The maximum Gasteiger partial charge on any atom is 0.429 e. The smallest absolute Gasteiger partial charge is 0.429 e. The molecule has 0 bridgehead atoms. The van der Waals surface area contributed by atoms with Crippen molar-refractivity contribution in [3.8, 4) is 0 Å². The third-order valence-corrected chi connectivity index (χ3v) is 3.26. The number of carboxylic acids is 1. The molecule has 1 aromatic rings. The number of hydrogen-bond acceptors (Lipinski definition) is 4. The van der Waals surface area contributed by atoms with Gasteiger partial charge in [0.1, 0.15) is 6.33 Å². The molecular weight excluding hydrogens is 252 g/mol. The Morgan fingerprint density at radius 2 is 2.21 bits per heavy atom. The second-order valence-corrected chi connectivity index (χ2v) is 4.70. The van der Waals surface area contributed by atoms with Crippen LogP contribution in [-0.2, 0) is 11.8 Å². The lowest BCUT2D eigenvalue weighted by Crippen LogP contribution is -2.61. The van der Waals surface area contributed by atoms with Crippen molar-refractivity contribution in [2.24, 2.45) is 7.05 Å². The number of aryl methyl sites for hydroxylation is 1. The van der Waals surface area contributed by atoms with Crippen LogP contribution in [0.3, 0.4) is 0 Å². The molecule has 8 nitrogen and oxygen atoms in total. The summed E-state index contributed by atoms with van der Waals surface area (Å²) in [6, 6.07) is -0.485. The van der Waals surface area contributed by atoms with Crippen LogP contribution >= 0.6 is 0 Å². The topological polar surface area (TPSA) is 101 Å². The van der Waals surface area contributed by atoms with Gasteiger partial charge < -0.3 is 9.67 Å². The maximum atomic E-state index is 12.0. The molecule has 1 aromatic heterocycles. The highest BCUT2D eigenvalue weighted by Gasteiger charge is 2.46. The number of aromatic nitrogens is 2. The summed E-state index contributed by atoms with van der Waals surface area (Å²) in [6.07, 6.45) is 1.76. The summed E-state index contributed by atoms with van der Waals surface area (Å²) in [5, 5.41) is 10.9. The molecule has 0 aliphatic carbocycles. The van der Waals surface area contributed by atoms with E-state index in [1.165, 1.54) is 6.33 Å². The van der Waals surface area contributed by atoms with Crippen LogP contribution in [0, 0.1) is 0 Å². The SMILES string of the molecule is Cn1cnc2c1C(=O)NC(=O)[N+]2(C)CCCC(=O)O. The van der Waals surface area contributed by atoms with E-state index >= 15 is 0 Å². The van der Waals surface area contributed by atoms with Crippen molar-refractivity contribution < 1.29 is 19.5 Å². The predicted molar refractivity (Wildman–Crippen MR) is 65.5 cm³/mol. The zero-order valence-corrected chi connectivity index (χ0v) is 10.7. The van der Waals surface area contributed by atoms with E-state index in [4.69, 9.17) is 5.11 Å². The van der Waals surface area contributed by atoms with Gasteiger partial charge in [0.05, 0.1) is 20.0 Å². The molecule has 102 valence electrons. The molecule has 0 radical (unpaired) electrons. The molecule has 1 aliphatic heterocycles. The largest absolute Gasteiger partial charge is 0.481 e. The van der Waals surface area contributed by atoms with Gasteiger partial charge >= 0.3 is 12.0 Å². The molecular formula is C11H15N4O4+. The Morgan fingerprint density at radius 3 is 2.84 bits per heavy atom. The first-order valence-corrected chi connectivity index (χ1v) is 5.81. The number of fused-ring (bicyclic) bond motifs is 1. The van der Waals surface area contributed by atoms with Gasteiger partial charge in [0, 0.05) is 13.5 Å². The van der Waals surface area contributed by atoms with Crippen LogP contribution in [0.1, 0.15) is 23.3 Å². The van der Waals surface area contributed by atoms with E-state index in [1.54, 1.807) is 18.7 Å². The molecule has 0 fully saturated rings. The molecule has 1 aliphatic rings. The zero-order chi connectivity index (χ0) is 14.2. The number of nitrogens with zero attached hydrogens (tertiary/aromatic N) is 3. The summed E-state index contributed by atoms with van der Waals surface area (Å²) in [6.45, 7) is 0.273. The molecule has 0 saturated carbocycles. The minimum atomic E-state index is -0.915. The third-order valence-electron chi connectivity index (χ3n) is 3.26. The first-order chi connectivity index (χ1) is 8.86. The van der Waals surface area contributed by atoms with E-state index in [9.17, 15) is 14.4 Å². The zero-order valence-electron chi connectivity index (χ0n) is 10.7. The number of imide groups is 1. The highest BCUT2D eigenvalue weighted by atomic mass is 16.4. The second kappa shape index (κ2) is 4.47. The van der Waals surface area contributed by atoms with Crippen molar-refractivity contribution in [3.05, 3.63) is 12.0 Å². The quantitative estimate of drug-likeness (QED) is 0.752. The number of nitrogens with one attached hydrogen (secondary N) is 1. The average molecular weight is 267 g/mol. The second-order valence-electron chi connectivity index (χ2n) is 4.70. The third kappa shape index (κ3) is 2.10. The summed E-state index contributed by atoms with van der Waals surface area (Å²) < 4.78 is 1.33. The summed E-state index contributed by atoms with van der Waals surface area (Å²) in [7, 11) is 3.29. The minimum absolute atomic E-state index is 0.0305. The van der Waals surface area contributed by atoms with Crippen molar-refractivity contribution in [3.63, 3.8) is 0 Å². The van der Waals surface area contributed by atoms with E-state index in [1.807, 2.05) is 0 Å². The number of urea groups is 1. The first-order valence-electron chi connectivity index (χ1n) is 5.81. The lowest BCUT2D eigenvalue weighted by Gasteiger charge is -2.31. The van der Waals surface area contributed by atoms with E-state index in [2.05, 4.69) is 10.3 Å². The summed E-state index contributed by atoms with van der Waals surface area (Å²) in [5.41, 5.74) is 0.331. The molecule has 0 saturated heterocycles. The van der Waals surface area contributed by atoms with Crippen LogP contribution in [0.5, 0.6) is 0 Å². The normalized spacial score (nSPS) is 22.0. The Bertz CT molecular complexity index is 565. The van der Waals surface area contributed by atoms with E-state index in [0.29, 0.717) is 17.9 Å². The average Bonchev–Trinajstić information content (AvgIpc) is 2.69. The van der Waals surface area contributed by atoms with Crippen LogP contribution in [-0.4, -0.2) is 46.2 Å². The highest BCUT2D eigenvalue weighted by Crippen LogP contribution is 2.28. The van der Waals surface area contributed by atoms with Crippen molar-refractivity contribution in [2.45, 2.75) is 12.8 Å². The van der Waals surface area contributed by atoms with Gasteiger partial charge in [-0.15, -0.1) is 0 Å². The van der Waals surface area contributed by atoms with Crippen LogP contribution in [0.4, 0.5) is 10.6 Å². The van der Waals surface area contributed by atoms with Crippen molar-refractivity contribution in [1.29, 1.82) is 0 Å². The lowest BCUT2D eigenvalue weighted by atomic mass is 10.2. The summed E-state index contributed by atoms with van der Waals surface area (Å²) >= 11 is 0. The first kappa shape index (κ1) is 13.2. The van der Waals surface area contributed by atoms with Gasteiger partial charge in [-0.1, -0.05) is 0 Å². The Kier molecular flexibility index (Phi) is 3.11. The number of amides is 3. The number of rotatable bonds is 4. The van der Waals surface area contributed by atoms with Gasteiger partial charge in [-0.25, -0.2) is 10.1 Å². The molecule has 1 unspecified atom stereocenters. The van der Waals surface area contributed by atoms with Crippen LogP contribution in [0.2, 0.25) is 0 Å². The van der Waals surface area contributed by atoms with E-state index in [-0.39, 0.29) is 17.4 Å². The van der Waals surface area contributed by atoms with Crippen molar-refractivity contribution in [1.82, 2.24) is 19.4 Å². The fourth-order valence-electron chi connectivity index (χ4n) is 2.17. The monoisotopic (exact) mass is 267 g/mol. The van der Waals surface area contributed by atoms with E-state index in [0.717, 1.165) is 0 Å². The molecule has 2 heterocycles. The van der Waals surface area contributed by atoms with Crippen LogP contribution < -0.4 is 9.80 Å². The summed E-state index contributed by atoms with van der Waals surface area (Å²) in [4.78, 5) is 38.4. The standard InChI is InChI=1S/C11H14N4O4/c1-14-6-12-9-8(14)10(18)13-11(19)15(9,2)5-3-4-7(16)17/h6H,3-5H2,1-2H3,(H-,13,16,17,18,19)/p+1. The van der Waals surface area contributed by atoms with Gasteiger partial charge in [0.2, 0.25) is 0 Å². The number of imidazole rings is 1. The van der Waals surface area contributed by atoms with E-state index < -0.39 is 17.9 Å². The Morgan fingerprint density at radius 1 is 1.53 bits per heavy atom. The number of hydrogen-bond donors (Lipinski definition) is 2. The van der Waals surface area contributed by atoms with Crippen LogP contribution in [0.15, 0.2) is 6.33 Å². The molecule has 2 N–H and O–H groups in total. The molecule has 0 spiro atoms. The number of carbonyl (C=O) groups is 3. The molecule has 1 atom stereocenters. The minimum Gasteiger partial charge on any atom is -0.481 e. The van der Waals surface area contributed by atoms with Gasteiger partial charge in [-0.3, -0.25) is 9.59 Å². The van der Waals surface area contributed by atoms with Gasteiger partial charge in [-0.05, 0) is 0 Å². The number of carboxylic acid groups (broad SMARTS) is 1. The molecule has 2 rings (SSSR count). The Labute approximate surface area is 109 Å². The molecule has 3 amide bonds. The highest BCUT2D eigenvalue weighted by molar-refractivity contribution is 6.13. The molecule has 19 heavy (non-hydrogen) atoms. The van der Waals surface area contributed by atoms with Gasteiger partial charge in [0.25, 0.3) is 11.7 Å². The number of quaternary nitrogens is 1. The molecule has 0 aromatic carbocycles. The van der Waals surface area contributed by atoms with Crippen LogP contribution in [0.25, 0.3) is 0 Å². The number of carbonyl (C=O) groups excluding carboxylic acids is 2. The fraction of sp³-hybridized carbons (Fsp3) is 0.455. The number of aliphatic carboxylic acids is 1. The van der Waals surface area contributed by atoms with Crippen molar-refractivity contribution in [2.75, 3.05) is 13.6 Å². The Balaban J connectivity index is 2.33. The molecule has 8 heteroatoms. The van der Waals surface area contributed by atoms with Gasteiger partial charge in [0.15, 0.2) is 5.69 Å². The predicted octanol–water partition coefficient (Wildman–Crippen LogP) is 0.0854. The summed E-state index contributed by atoms with van der Waals surface area (Å²) in [5.74, 6) is -1.03. The lowest BCUT2D eigenvalue weighted by molar-refractivity contribution is -0.137. The fourth-order valence-corrected chi connectivity index (χ4v) is 2.17.